The number of imide groups is 1. The molecule has 132 valence electrons. The maximum Gasteiger partial charge on any atom is 0.417 e. The number of benzene rings is 1. The number of rotatable bonds is 1. The molecule has 1 heterocycles. The maximum absolute atomic E-state index is 14.4. The summed E-state index contributed by atoms with van der Waals surface area (Å²) in [5.41, 5.74) is -1.68. The molecule has 1 fully saturated rings. The van der Waals surface area contributed by atoms with E-state index in [1.807, 2.05) is 0 Å². The molecular formula is C16H17F4NO3. The number of alkyl halides is 3. The molecule has 1 aromatic carbocycles. The standard InChI is InChI=1S/C16H17F4NO3/c1-15(2,3)24-14(23)21-12(9-6-4-5-7-10(9)17)16(19,20)8-11(18)13(21)22/h4-7,11-12H,8H2,1-3H3. The molecule has 1 aromatic rings. The lowest BCUT2D eigenvalue weighted by atomic mass is 9.90. The number of carbonyl (C=O) groups excluding carboxylic acids is 2. The number of likely N-dealkylation sites (tertiary alicyclic amines) is 1. The lowest BCUT2D eigenvalue weighted by Gasteiger charge is -2.41. The molecule has 1 saturated heterocycles. The quantitative estimate of drug-likeness (QED) is 0.721. The summed E-state index contributed by atoms with van der Waals surface area (Å²) >= 11 is 0. The van der Waals surface area contributed by atoms with Crippen LogP contribution >= 0.6 is 0 Å². The molecule has 0 aromatic heterocycles. The highest BCUT2D eigenvalue weighted by Crippen LogP contribution is 2.45. The minimum absolute atomic E-state index is 0.0160. The third-order valence-electron chi connectivity index (χ3n) is 3.41. The molecule has 24 heavy (non-hydrogen) atoms. The van der Waals surface area contributed by atoms with Crippen LogP contribution in [0.2, 0.25) is 0 Å². The van der Waals surface area contributed by atoms with Gasteiger partial charge in [0.2, 0.25) is 0 Å². The summed E-state index contributed by atoms with van der Waals surface area (Å²) in [6.07, 6.45) is -5.44. The van der Waals surface area contributed by atoms with Gasteiger partial charge in [0.25, 0.3) is 11.8 Å². The van der Waals surface area contributed by atoms with E-state index in [0.29, 0.717) is 0 Å². The number of piperidine rings is 1. The van der Waals surface area contributed by atoms with Gasteiger partial charge in [-0.2, -0.15) is 0 Å². The summed E-state index contributed by atoms with van der Waals surface area (Å²) in [7, 11) is 0. The molecule has 1 aliphatic heterocycles. The van der Waals surface area contributed by atoms with Crippen molar-refractivity contribution in [3.8, 4) is 0 Å². The van der Waals surface area contributed by atoms with Gasteiger partial charge in [-0.25, -0.2) is 27.3 Å². The van der Waals surface area contributed by atoms with Crippen molar-refractivity contribution < 1.29 is 31.9 Å². The van der Waals surface area contributed by atoms with E-state index in [9.17, 15) is 27.2 Å². The molecule has 0 aliphatic carbocycles. The maximum atomic E-state index is 14.4. The number of amides is 2. The van der Waals surface area contributed by atoms with Gasteiger partial charge in [-0.1, -0.05) is 18.2 Å². The van der Waals surface area contributed by atoms with Crippen molar-refractivity contribution in [3.63, 3.8) is 0 Å². The van der Waals surface area contributed by atoms with E-state index in [1.165, 1.54) is 32.9 Å². The Morgan fingerprint density at radius 3 is 2.42 bits per heavy atom. The summed E-state index contributed by atoms with van der Waals surface area (Å²) in [5.74, 6) is -6.34. The molecule has 8 heteroatoms. The lowest BCUT2D eigenvalue weighted by molar-refractivity contribution is -0.170. The van der Waals surface area contributed by atoms with Crippen molar-refractivity contribution in [3.05, 3.63) is 35.6 Å². The minimum atomic E-state index is -3.84. The van der Waals surface area contributed by atoms with Crippen LogP contribution in [0.15, 0.2) is 24.3 Å². The molecule has 0 radical (unpaired) electrons. The molecule has 2 rings (SSSR count). The molecule has 2 unspecified atom stereocenters. The van der Waals surface area contributed by atoms with Gasteiger partial charge in [-0.05, 0) is 26.8 Å². The fourth-order valence-corrected chi connectivity index (χ4v) is 2.47. The van der Waals surface area contributed by atoms with E-state index >= 15 is 0 Å². The van der Waals surface area contributed by atoms with Crippen LogP contribution < -0.4 is 0 Å². The highest BCUT2D eigenvalue weighted by molar-refractivity contribution is 5.96. The third-order valence-corrected chi connectivity index (χ3v) is 3.41. The Morgan fingerprint density at radius 1 is 1.29 bits per heavy atom. The summed E-state index contributed by atoms with van der Waals surface area (Å²) in [4.78, 5) is 24.2. The zero-order valence-corrected chi connectivity index (χ0v) is 13.4. The number of hydrogen-bond acceptors (Lipinski definition) is 3. The molecule has 0 spiro atoms. The molecule has 2 atom stereocenters. The predicted octanol–water partition coefficient (Wildman–Crippen LogP) is 4.01. The van der Waals surface area contributed by atoms with E-state index in [1.54, 1.807) is 0 Å². The highest BCUT2D eigenvalue weighted by Gasteiger charge is 2.57. The van der Waals surface area contributed by atoms with E-state index in [-0.39, 0.29) is 4.90 Å². The van der Waals surface area contributed by atoms with Crippen LogP contribution in [0, 0.1) is 5.82 Å². The summed E-state index contributed by atoms with van der Waals surface area (Å²) < 4.78 is 61.4. The van der Waals surface area contributed by atoms with Crippen molar-refractivity contribution in [2.75, 3.05) is 0 Å². The monoisotopic (exact) mass is 347 g/mol. The number of hydrogen-bond donors (Lipinski definition) is 0. The number of ether oxygens (including phenoxy) is 1. The smallest absolute Gasteiger partial charge is 0.417 e. The Labute approximate surface area is 136 Å². The number of nitrogens with zero attached hydrogens (tertiary/aromatic N) is 1. The van der Waals surface area contributed by atoms with E-state index in [4.69, 9.17) is 4.74 Å². The van der Waals surface area contributed by atoms with E-state index in [2.05, 4.69) is 0 Å². The van der Waals surface area contributed by atoms with Gasteiger partial charge in [0.1, 0.15) is 17.5 Å². The van der Waals surface area contributed by atoms with Crippen LogP contribution in [0.25, 0.3) is 0 Å². The van der Waals surface area contributed by atoms with Crippen LogP contribution in [-0.2, 0) is 9.53 Å². The van der Waals surface area contributed by atoms with Gasteiger partial charge < -0.3 is 4.74 Å². The first-order valence-electron chi connectivity index (χ1n) is 7.26. The zero-order valence-electron chi connectivity index (χ0n) is 13.4. The Bertz CT molecular complexity index is 657. The average Bonchev–Trinajstić information content (AvgIpc) is 2.41. The normalized spacial score (nSPS) is 24.0. The van der Waals surface area contributed by atoms with Gasteiger partial charge in [0.15, 0.2) is 6.17 Å². The molecular weight excluding hydrogens is 330 g/mol. The Morgan fingerprint density at radius 2 is 1.88 bits per heavy atom. The fourth-order valence-electron chi connectivity index (χ4n) is 2.47. The molecule has 0 N–H and O–H groups in total. The predicted molar refractivity (Wildman–Crippen MR) is 76.7 cm³/mol. The molecule has 0 bridgehead atoms. The molecule has 0 saturated carbocycles. The first-order valence-corrected chi connectivity index (χ1v) is 7.26. The van der Waals surface area contributed by atoms with Crippen LogP contribution in [0.5, 0.6) is 0 Å². The fraction of sp³-hybridized carbons (Fsp3) is 0.500. The van der Waals surface area contributed by atoms with Crippen LogP contribution in [-0.4, -0.2) is 34.6 Å². The summed E-state index contributed by atoms with van der Waals surface area (Å²) in [5, 5.41) is 0. The number of carbonyl (C=O) groups is 2. The van der Waals surface area contributed by atoms with Gasteiger partial charge in [-0.15, -0.1) is 0 Å². The highest BCUT2D eigenvalue weighted by atomic mass is 19.3. The van der Waals surface area contributed by atoms with Crippen LogP contribution in [0.3, 0.4) is 0 Å². The minimum Gasteiger partial charge on any atom is -0.443 e. The van der Waals surface area contributed by atoms with Crippen molar-refractivity contribution in [1.82, 2.24) is 4.90 Å². The first-order chi connectivity index (χ1) is 10.9. The van der Waals surface area contributed by atoms with Gasteiger partial charge in [0.05, 0.1) is 6.42 Å². The first kappa shape index (κ1) is 18.2. The zero-order chi connectivity index (χ0) is 18.3. The second-order valence-electron chi connectivity index (χ2n) is 6.55. The van der Waals surface area contributed by atoms with Crippen LogP contribution in [0.4, 0.5) is 22.4 Å². The second kappa shape index (κ2) is 6.07. The Kier molecular flexibility index (Phi) is 4.61. The van der Waals surface area contributed by atoms with Crippen molar-refractivity contribution in [2.24, 2.45) is 0 Å². The Balaban J connectivity index is 2.54. The number of halogens is 4. The van der Waals surface area contributed by atoms with E-state index < -0.39 is 53.5 Å². The van der Waals surface area contributed by atoms with Gasteiger partial charge in [0, 0.05) is 5.56 Å². The van der Waals surface area contributed by atoms with Crippen molar-refractivity contribution in [2.45, 2.75) is 50.9 Å². The average molecular weight is 347 g/mol. The third kappa shape index (κ3) is 3.52. The molecule has 1 aliphatic rings. The topological polar surface area (TPSA) is 46.6 Å². The van der Waals surface area contributed by atoms with E-state index in [0.717, 1.165) is 12.1 Å². The molecule has 2 amide bonds. The van der Waals surface area contributed by atoms with Crippen LogP contribution in [0.1, 0.15) is 38.8 Å². The largest absolute Gasteiger partial charge is 0.443 e. The summed E-state index contributed by atoms with van der Waals surface area (Å²) in [6, 6.07) is 2.24. The lowest BCUT2D eigenvalue weighted by Crippen LogP contribution is -2.57. The molecule has 4 nitrogen and oxygen atoms in total. The van der Waals surface area contributed by atoms with Crippen molar-refractivity contribution >= 4 is 12.0 Å². The Hall–Kier alpha value is -2.12. The van der Waals surface area contributed by atoms with Crippen molar-refractivity contribution in [1.29, 1.82) is 0 Å². The SMILES string of the molecule is CC(C)(C)OC(=O)N1C(=O)C(F)CC(F)(F)C1c1ccccc1F. The summed E-state index contributed by atoms with van der Waals surface area (Å²) in [6.45, 7) is 4.38. The van der Waals surface area contributed by atoms with Gasteiger partial charge in [-0.3, -0.25) is 4.79 Å². The second-order valence-corrected chi connectivity index (χ2v) is 6.55. The van der Waals surface area contributed by atoms with Gasteiger partial charge >= 0.3 is 6.09 Å².